The summed E-state index contributed by atoms with van der Waals surface area (Å²) in [6, 6.07) is 0.768. The molecule has 0 saturated carbocycles. The lowest BCUT2D eigenvalue weighted by Crippen LogP contribution is -2.40. The van der Waals surface area contributed by atoms with Crippen LogP contribution in [0.15, 0.2) is 0 Å². The van der Waals surface area contributed by atoms with E-state index in [2.05, 4.69) is 10.6 Å². The molecule has 16 heavy (non-hydrogen) atoms. The first-order valence-electron chi connectivity index (χ1n) is 7.01. The Morgan fingerprint density at radius 3 is 2.75 bits per heavy atom. The molecule has 0 spiro atoms. The van der Waals surface area contributed by atoms with Gasteiger partial charge in [0.05, 0.1) is 6.10 Å². The van der Waals surface area contributed by atoms with Crippen molar-refractivity contribution < 1.29 is 4.74 Å². The fourth-order valence-corrected chi connectivity index (χ4v) is 2.70. The van der Waals surface area contributed by atoms with Gasteiger partial charge in [-0.25, -0.2) is 0 Å². The Kier molecular flexibility index (Phi) is 5.59. The Balaban J connectivity index is 1.42. The number of hydrogen-bond acceptors (Lipinski definition) is 3. The van der Waals surface area contributed by atoms with Crippen LogP contribution in [-0.2, 0) is 4.74 Å². The van der Waals surface area contributed by atoms with Crippen molar-refractivity contribution in [3.63, 3.8) is 0 Å². The minimum Gasteiger partial charge on any atom is -0.378 e. The summed E-state index contributed by atoms with van der Waals surface area (Å²) in [5, 5.41) is 7.06. The number of hydrogen-bond donors (Lipinski definition) is 2. The van der Waals surface area contributed by atoms with Gasteiger partial charge >= 0.3 is 0 Å². The number of rotatable bonds is 6. The topological polar surface area (TPSA) is 33.3 Å². The van der Waals surface area contributed by atoms with Crippen LogP contribution in [0.2, 0.25) is 0 Å². The van der Waals surface area contributed by atoms with E-state index in [0.29, 0.717) is 6.10 Å². The van der Waals surface area contributed by atoms with E-state index in [1.807, 2.05) is 0 Å². The van der Waals surface area contributed by atoms with E-state index in [-0.39, 0.29) is 0 Å². The standard InChI is InChI=1S/C13H26N2O/c1(4-13-5-3-11-16-13)2-8-15-12-6-9-14-10-7-12/h12-15H,1-11H2. The van der Waals surface area contributed by atoms with Crippen LogP contribution in [0, 0.1) is 0 Å². The Morgan fingerprint density at radius 1 is 1.12 bits per heavy atom. The van der Waals surface area contributed by atoms with E-state index in [9.17, 15) is 0 Å². The van der Waals surface area contributed by atoms with E-state index >= 15 is 0 Å². The first kappa shape index (κ1) is 12.3. The molecule has 0 amide bonds. The molecule has 0 bridgehead atoms. The molecule has 0 aromatic carbocycles. The zero-order chi connectivity index (χ0) is 11.1. The van der Waals surface area contributed by atoms with Gasteiger partial charge in [-0.1, -0.05) is 0 Å². The van der Waals surface area contributed by atoms with Crippen LogP contribution >= 0.6 is 0 Å². The molecule has 1 unspecified atom stereocenters. The molecule has 0 radical (unpaired) electrons. The van der Waals surface area contributed by atoms with Crippen LogP contribution in [-0.4, -0.2) is 38.4 Å². The van der Waals surface area contributed by atoms with Crippen molar-refractivity contribution in [2.45, 2.75) is 57.1 Å². The van der Waals surface area contributed by atoms with Crippen LogP contribution in [0.25, 0.3) is 0 Å². The van der Waals surface area contributed by atoms with Crippen LogP contribution in [0.3, 0.4) is 0 Å². The molecule has 2 fully saturated rings. The molecule has 94 valence electrons. The Hall–Kier alpha value is -0.120. The maximum absolute atomic E-state index is 5.62. The van der Waals surface area contributed by atoms with Gasteiger partial charge in [0.25, 0.3) is 0 Å². The highest BCUT2D eigenvalue weighted by molar-refractivity contribution is 4.74. The molecule has 2 N–H and O–H groups in total. The van der Waals surface area contributed by atoms with Crippen molar-refractivity contribution in [1.29, 1.82) is 0 Å². The summed E-state index contributed by atoms with van der Waals surface area (Å²) in [5.41, 5.74) is 0. The zero-order valence-electron chi connectivity index (χ0n) is 10.3. The monoisotopic (exact) mass is 226 g/mol. The molecule has 2 aliphatic rings. The molecule has 3 heteroatoms. The molecule has 2 heterocycles. The van der Waals surface area contributed by atoms with Crippen molar-refractivity contribution in [2.75, 3.05) is 26.2 Å². The predicted molar refractivity (Wildman–Crippen MR) is 66.7 cm³/mol. The van der Waals surface area contributed by atoms with Gasteiger partial charge in [0.15, 0.2) is 0 Å². The summed E-state index contributed by atoms with van der Waals surface area (Å²) in [6.07, 6.45) is 9.65. The summed E-state index contributed by atoms with van der Waals surface area (Å²) in [4.78, 5) is 0. The maximum Gasteiger partial charge on any atom is 0.0576 e. The van der Waals surface area contributed by atoms with Crippen molar-refractivity contribution in [3.8, 4) is 0 Å². The number of ether oxygens (including phenoxy) is 1. The van der Waals surface area contributed by atoms with Gasteiger partial charge in [-0.2, -0.15) is 0 Å². The van der Waals surface area contributed by atoms with Crippen LogP contribution < -0.4 is 10.6 Å². The normalized spacial score (nSPS) is 27.4. The zero-order valence-corrected chi connectivity index (χ0v) is 10.3. The van der Waals surface area contributed by atoms with Crippen molar-refractivity contribution >= 4 is 0 Å². The number of piperidine rings is 1. The van der Waals surface area contributed by atoms with Crippen LogP contribution in [0.5, 0.6) is 0 Å². The summed E-state index contributed by atoms with van der Waals surface area (Å²) < 4.78 is 5.62. The predicted octanol–water partition coefficient (Wildman–Crippen LogP) is 1.68. The van der Waals surface area contributed by atoms with Gasteiger partial charge in [-0.15, -0.1) is 0 Å². The van der Waals surface area contributed by atoms with Crippen LogP contribution in [0.1, 0.15) is 44.9 Å². The van der Waals surface area contributed by atoms with E-state index < -0.39 is 0 Å². The first-order chi connectivity index (χ1) is 7.95. The smallest absolute Gasteiger partial charge is 0.0576 e. The quantitative estimate of drug-likeness (QED) is 0.676. The first-order valence-corrected chi connectivity index (χ1v) is 7.01. The Bertz CT molecular complexity index is 175. The summed E-state index contributed by atoms with van der Waals surface area (Å²) >= 11 is 0. The Morgan fingerprint density at radius 2 is 2.00 bits per heavy atom. The molecular formula is C13H26N2O. The van der Waals surface area contributed by atoms with E-state index in [4.69, 9.17) is 4.74 Å². The third-order valence-corrected chi connectivity index (χ3v) is 3.75. The van der Waals surface area contributed by atoms with Gasteiger partial charge < -0.3 is 15.4 Å². The maximum atomic E-state index is 5.62. The third kappa shape index (κ3) is 4.40. The van der Waals surface area contributed by atoms with Crippen molar-refractivity contribution in [1.82, 2.24) is 10.6 Å². The average molecular weight is 226 g/mol. The fourth-order valence-electron chi connectivity index (χ4n) is 2.70. The summed E-state index contributed by atoms with van der Waals surface area (Å²) in [5.74, 6) is 0. The Labute approximate surface area is 99.3 Å². The molecule has 0 aromatic heterocycles. The summed E-state index contributed by atoms with van der Waals surface area (Å²) in [7, 11) is 0. The van der Waals surface area contributed by atoms with E-state index in [1.165, 1.54) is 64.6 Å². The highest BCUT2D eigenvalue weighted by atomic mass is 16.5. The molecule has 1 atom stereocenters. The van der Waals surface area contributed by atoms with Crippen LogP contribution in [0.4, 0.5) is 0 Å². The fraction of sp³-hybridized carbons (Fsp3) is 1.00. The largest absolute Gasteiger partial charge is 0.378 e. The lowest BCUT2D eigenvalue weighted by molar-refractivity contribution is 0.102. The number of nitrogens with one attached hydrogen (secondary N) is 2. The van der Waals surface area contributed by atoms with Gasteiger partial charge in [0.1, 0.15) is 0 Å². The van der Waals surface area contributed by atoms with Crippen molar-refractivity contribution in [2.24, 2.45) is 0 Å². The highest BCUT2D eigenvalue weighted by Crippen LogP contribution is 2.17. The lowest BCUT2D eigenvalue weighted by Gasteiger charge is -2.23. The molecule has 2 rings (SSSR count). The van der Waals surface area contributed by atoms with Gasteiger partial charge in [-0.3, -0.25) is 0 Å². The minimum atomic E-state index is 0.582. The summed E-state index contributed by atoms with van der Waals surface area (Å²) in [6.45, 7) is 4.57. The van der Waals surface area contributed by atoms with E-state index in [0.717, 1.165) is 12.6 Å². The van der Waals surface area contributed by atoms with E-state index in [1.54, 1.807) is 0 Å². The van der Waals surface area contributed by atoms with Gasteiger partial charge in [0.2, 0.25) is 0 Å². The lowest BCUT2D eigenvalue weighted by atomic mass is 10.1. The molecule has 0 aliphatic carbocycles. The molecule has 3 nitrogen and oxygen atoms in total. The van der Waals surface area contributed by atoms with Gasteiger partial charge in [-0.05, 0) is 64.6 Å². The highest BCUT2D eigenvalue weighted by Gasteiger charge is 2.15. The number of unbranched alkanes of at least 4 members (excludes halogenated alkanes) is 1. The molecule has 2 saturated heterocycles. The average Bonchev–Trinajstić information content (AvgIpc) is 2.83. The second-order valence-electron chi connectivity index (χ2n) is 5.11. The minimum absolute atomic E-state index is 0.582. The molecular weight excluding hydrogens is 200 g/mol. The van der Waals surface area contributed by atoms with Crippen molar-refractivity contribution in [3.05, 3.63) is 0 Å². The SMILES string of the molecule is C(CCC1CCCO1)CNC1CCNCC1. The molecule has 0 aromatic rings. The second kappa shape index (κ2) is 7.25. The third-order valence-electron chi connectivity index (χ3n) is 3.75. The van der Waals surface area contributed by atoms with Gasteiger partial charge in [0, 0.05) is 12.6 Å². The second-order valence-corrected chi connectivity index (χ2v) is 5.11. The molecule has 2 aliphatic heterocycles.